The first kappa shape index (κ1) is 18.3. The third kappa shape index (κ3) is 4.20. The van der Waals surface area contributed by atoms with Crippen LogP contribution in [0.2, 0.25) is 4.34 Å². The maximum Gasteiger partial charge on any atom is 0.252 e. The van der Waals surface area contributed by atoms with Crippen molar-refractivity contribution in [2.75, 3.05) is 39.3 Å². The molecule has 0 radical (unpaired) electrons. The third-order valence-corrected chi connectivity index (χ3v) is 8.17. The summed E-state index contributed by atoms with van der Waals surface area (Å²) in [6.45, 7) is 3.53. The average molecular weight is 410 g/mol. The molecule has 134 valence electrons. The Labute approximate surface area is 156 Å². The zero-order valence-electron chi connectivity index (χ0n) is 13.1. The molecule has 1 N–H and O–H groups in total. The van der Waals surface area contributed by atoms with Crippen molar-refractivity contribution in [3.8, 4) is 0 Å². The molecule has 10 heteroatoms. The van der Waals surface area contributed by atoms with E-state index in [2.05, 4.69) is 5.32 Å². The quantitative estimate of drug-likeness (QED) is 0.764. The number of nitrogens with one attached hydrogen (secondary N) is 1. The number of hydrogen-bond donors (Lipinski definition) is 1. The fraction of sp³-hybridized carbons (Fsp3) is 0.643. The van der Waals surface area contributed by atoms with Crippen molar-refractivity contribution in [2.24, 2.45) is 0 Å². The predicted octanol–water partition coefficient (Wildman–Crippen LogP) is 1.76. The maximum absolute atomic E-state index is 12.6. The van der Waals surface area contributed by atoms with E-state index in [1.165, 1.54) is 4.31 Å². The molecule has 6 nitrogen and oxygen atoms in total. The van der Waals surface area contributed by atoms with E-state index in [0.29, 0.717) is 46.4 Å². The summed E-state index contributed by atoms with van der Waals surface area (Å²) in [5.41, 5.74) is 0. The van der Waals surface area contributed by atoms with Crippen LogP contribution < -0.4 is 5.32 Å². The van der Waals surface area contributed by atoms with Gasteiger partial charge in [-0.25, -0.2) is 8.42 Å². The van der Waals surface area contributed by atoms with Gasteiger partial charge in [0.15, 0.2) is 5.11 Å². The molecular weight excluding hydrogens is 390 g/mol. The number of nitrogens with zero attached hydrogens (tertiary/aromatic N) is 2. The standard InChI is InChI=1S/C14H20ClN3O3S3/c15-12-3-4-13(23-12)24(19,20)18-7-5-17(6-8-18)14(22)16-10-11-2-1-9-21-11/h3-4,11H,1-2,5-10H2,(H,16,22)/t11-/m1/s1. The predicted molar refractivity (Wildman–Crippen MR) is 99.2 cm³/mol. The van der Waals surface area contributed by atoms with E-state index < -0.39 is 10.0 Å². The first-order chi connectivity index (χ1) is 11.5. The van der Waals surface area contributed by atoms with E-state index in [0.717, 1.165) is 30.8 Å². The van der Waals surface area contributed by atoms with Crippen LogP contribution in [0, 0.1) is 0 Å². The minimum absolute atomic E-state index is 0.230. The molecule has 2 aliphatic heterocycles. The molecular formula is C14H20ClN3O3S3. The van der Waals surface area contributed by atoms with Crippen LogP contribution in [0.15, 0.2) is 16.3 Å². The van der Waals surface area contributed by atoms with Crippen molar-refractivity contribution in [1.29, 1.82) is 0 Å². The lowest BCUT2D eigenvalue weighted by atomic mass is 10.2. The van der Waals surface area contributed by atoms with Crippen molar-refractivity contribution in [3.05, 3.63) is 16.5 Å². The van der Waals surface area contributed by atoms with Crippen LogP contribution in [0.25, 0.3) is 0 Å². The van der Waals surface area contributed by atoms with Gasteiger partial charge in [-0.1, -0.05) is 11.6 Å². The number of sulfonamides is 1. The van der Waals surface area contributed by atoms with Gasteiger partial charge in [-0.3, -0.25) is 0 Å². The Morgan fingerprint density at radius 1 is 1.38 bits per heavy atom. The zero-order valence-corrected chi connectivity index (χ0v) is 16.3. The van der Waals surface area contributed by atoms with Gasteiger partial charge in [-0.15, -0.1) is 11.3 Å². The van der Waals surface area contributed by atoms with Crippen LogP contribution in [-0.2, 0) is 14.8 Å². The highest BCUT2D eigenvalue weighted by Crippen LogP contribution is 2.28. The largest absolute Gasteiger partial charge is 0.376 e. The molecule has 2 aliphatic rings. The highest BCUT2D eigenvalue weighted by Gasteiger charge is 2.30. The van der Waals surface area contributed by atoms with Crippen LogP contribution in [0.1, 0.15) is 12.8 Å². The minimum Gasteiger partial charge on any atom is -0.376 e. The van der Waals surface area contributed by atoms with Gasteiger partial charge in [0.25, 0.3) is 10.0 Å². The molecule has 0 unspecified atom stereocenters. The summed E-state index contributed by atoms with van der Waals surface area (Å²) in [6.07, 6.45) is 2.39. The summed E-state index contributed by atoms with van der Waals surface area (Å²) in [4.78, 5) is 2.01. The van der Waals surface area contributed by atoms with E-state index in [4.69, 9.17) is 28.6 Å². The van der Waals surface area contributed by atoms with Crippen molar-refractivity contribution in [1.82, 2.24) is 14.5 Å². The Morgan fingerprint density at radius 2 is 2.12 bits per heavy atom. The zero-order chi connectivity index (χ0) is 17.2. The number of piperazine rings is 1. The van der Waals surface area contributed by atoms with Crippen molar-refractivity contribution in [2.45, 2.75) is 23.2 Å². The summed E-state index contributed by atoms with van der Waals surface area (Å²) in [5.74, 6) is 0. The maximum atomic E-state index is 12.6. The van der Waals surface area contributed by atoms with Crippen LogP contribution >= 0.6 is 35.2 Å². The molecule has 3 heterocycles. The number of thiocarbonyl (C=S) groups is 1. The number of halogens is 1. The molecule has 0 aliphatic carbocycles. The second kappa shape index (κ2) is 7.84. The van der Waals surface area contributed by atoms with Crippen molar-refractivity contribution in [3.63, 3.8) is 0 Å². The molecule has 0 saturated carbocycles. The Hall–Kier alpha value is -0.450. The van der Waals surface area contributed by atoms with Gasteiger partial charge >= 0.3 is 0 Å². The first-order valence-corrected chi connectivity index (χ1v) is 10.9. The van der Waals surface area contributed by atoms with Crippen molar-refractivity contribution >= 4 is 50.3 Å². The third-order valence-electron chi connectivity index (χ3n) is 4.17. The van der Waals surface area contributed by atoms with E-state index in [9.17, 15) is 8.42 Å². The fourth-order valence-corrected chi connectivity index (χ4v) is 6.14. The molecule has 0 spiro atoms. The van der Waals surface area contributed by atoms with Crippen LogP contribution in [-0.4, -0.2) is 68.2 Å². The van der Waals surface area contributed by atoms with Gasteiger partial charge in [-0.05, 0) is 37.2 Å². The fourth-order valence-electron chi connectivity index (χ4n) is 2.81. The normalized spacial score (nSPS) is 22.7. The topological polar surface area (TPSA) is 61.9 Å². The summed E-state index contributed by atoms with van der Waals surface area (Å²) >= 11 is 12.4. The molecule has 24 heavy (non-hydrogen) atoms. The lowest BCUT2D eigenvalue weighted by Crippen LogP contribution is -2.53. The second-order valence-electron chi connectivity index (χ2n) is 5.77. The molecule has 0 aromatic carbocycles. The number of hydrogen-bond acceptors (Lipinski definition) is 5. The van der Waals surface area contributed by atoms with Gasteiger partial charge < -0.3 is 15.0 Å². The van der Waals surface area contributed by atoms with E-state index in [1.54, 1.807) is 12.1 Å². The second-order valence-corrected chi connectivity index (χ2v) is 10.0. The summed E-state index contributed by atoms with van der Waals surface area (Å²) in [6, 6.07) is 3.17. The Morgan fingerprint density at radius 3 is 2.71 bits per heavy atom. The highest BCUT2D eigenvalue weighted by molar-refractivity contribution is 7.91. The molecule has 2 saturated heterocycles. The van der Waals surface area contributed by atoms with Crippen LogP contribution in [0.5, 0.6) is 0 Å². The lowest BCUT2D eigenvalue weighted by molar-refractivity contribution is 0.113. The van der Waals surface area contributed by atoms with Crippen LogP contribution in [0.4, 0.5) is 0 Å². The van der Waals surface area contributed by atoms with Crippen molar-refractivity contribution < 1.29 is 13.2 Å². The summed E-state index contributed by atoms with van der Waals surface area (Å²) in [7, 11) is -3.46. The Bertz CT molecular complexity index is 680. The van der Waals surface area contributed by atoms with Crippen LogP contribution in [0.3, 0.4) is 0 Å². The van der Waals surface area contributed by atoms with Gasteiger partial charge in [0.1, 0.15) is 4.21 Å². The average Bonchev–Trinajstić information content (AvgIpc) is 3.24. The lowest BCUT2D eigenvalue weighted by Gasteiger charge is -2.35. The van der Waals surface area contributed by atoms with E-state index in [1.807, 2.05) is 4.90 Å². The number of ether oxygens (including phenoxy) is 1. The van der Waals surface area contributed by atoms with E-state index in [-0.39, 0.29) is 6.10 Å². The molecule has 2 fully saturated rings. The van der Waals surface area contributed by atoms with E-state index >= 15 is 0 Å². The monoisotopic (exact) mass is 409 g/mol. The minimum atomic E-state index is -3.46. The Kier molecular flexibility index (Phi) is 5.99. The summed E-state index contributed by atoms with van der Waals surface area (Å²) < 4.78 is 33.0. The number of rotatable bonds is 4. The number of thiophene rings is 1. The smallest absolute Gasteiger partial charge is 0.252 e. The molecule has 0 amide bonds. The molecule has 1 atom stereocenters. The SMILES string of the molecule is O=S(=O)(c1ccc(Cl)s1)N1CCN(C(=S)NC[C@H]2CCCO2)CC1. The van der Waals surface area contributed by atoms with Gasteiger partial charge in [0.05, 0.1) is 10.4 Å². The molecule has 1 aromatic heterocycles. The first-order valence-electron chi connectivity index (χ1n) is 7.87. The van der Waals surface area contributed by atoms with Gasteiger partial charge in [-0.2, -0.15) is 4.31 Å². The summed E-state index contributed by atoms with van der Waals surface area (Å²) in [5, 5.41) is 3.90. The highest BCUT2D eigenvalue weighted by atomic mass is 35.5. The molecule has 1 aromatic rings. The molecule has 0 bridgehead atoms. The van der Waals surface area contributed by atoms with Gasteiger partial charge in [0, 0.05) is 39.3 Å². The molecule has 3 rings (SSSR count). The van der Waals surface area contributed by atoms with Gasteiger partial charge in [0.2, 0.25) is 0 Å². The Balaban J connectivity index is 1.50.